The number of ether oxygens (including phenoxy) is 1. The molecule has 0 unspecified atom stereocenters. The summed E-state index contributed by atoms with van der Waals surface area (Å²) in [5, 5.41) is 0. The minimum absolute atomic E-state index is 0.244. The molecule has 0 aliphatic heterocycles. The largest absolute Gasteiger partial charge is 0.487 e. The molecular formula is C9H8BrFO. The number of rotatable bonds is 2. The highest BCUT2D eigenvalue weighted by Gasteiger charge is 2.24. The van der Waals surface area contributed by atoms with Crippen LogP contribution in [0.5, 0.6) is 5.75 Å². The molecule has 1 aromatic carbocycles. The number of hydrogen-bond acceptors (Lipinski definition) is 1. The van der Waals surface area contributed by atoms with Crippen LogP contribution in [0.25, 0.3) is 0 Å². The fourth-order valence-electron chi connectivity index (χ4n) is 0.933. The van der Waals surface area contributed by atoms with E-state index in [1.807, 2.05) is 0 Å². The number of hydrogen-bond donors (Lipinski definition) is 0. The lowest BCUT2D eigenvalue weighted by molar-refractivity contribution is 0.287. The van der Waals surface area contributed by atoms with Crippen molar-refractivity contribution in [2.75, 3.05) is 0 Å². The molecule has 0 N–H and O–H groups in total. The summed E-state index contributed by atoms with van der Waals surface area (Å²) < 4.78 is 19.2. The molecule has 2 rings (SSSR count). The van der Waals surface area contributed by atoms with Crippen molar-refractivity contribution < 1.29 is 9.13 Å². The summed E-state index contributed by atoms with van der Waals surface area (Å²) in [5.74, 6) is 0.0666. The van der Waals surface area contributed by atoms with E-state index in [0.29, 0.717) is 5.75 Å². The summed E-state index contributed by atoms with van der Waals surface area (Å²) in [5.41, 5.74) is 0. The summed E-state index contributed by atoms with van der Waals surface area (Å²) in [6, 6.07) is 4.73. The molecule has 0 saturated heterocycles. The molecule has 0 atom stereocenters. The van der Waals surface area contributed by atoms with Gasteiger partial charge in [0, 0.05) is 4.47 Å². The minimum Gasteiger partial charge on any atom is -0.487 e. The standard InChI is InChI=1S/C9H8BrFO/c10-6-1-4-8(11)9(5-6)12-7-2-3-7/h1,4-5,7H,2-3H2. The Morgan fingerprint density at radius 1 is 1.42 bits per heavy atom. The Morgan fingerprint density at radius 2 is 2.17 bits per heavy atom. The monoisotopic (exact) mass is 230 g/mol. The molecule has 0 aromatic heterocycles. The van der Waals surface area contributed by atoms with E-state index in [-0.39, 0.29) is 11.9 Å². The van der Waals surface area contributed by atoms with Crippen molar-refractivity contribution in [3.63, 3.8) is 0 Å². The second-order valence-electron chi connectivity index (χ2n) is 2.89. The van der Waals surface area contributed by atoms with Crippen LogP contribution in [0.4, 0.5) is 4.39 Å². The van der Waals surface area contributed by atoms with Crippen LogP contribution < -0.4 is 4.74 Å². The third-order valence-electron chi connectivity index (χ3n) is 1.71. The smallest absolute Gasteiger partial charge is 0.165 e. The average Bonchev–Trinajstić information content (AvgIpc) is 2.81. The fourth-order valence-corrected chi connectivity index (χ4v) is 1.27. The van der Waals surface area contributed by atoms with Gasteiger partial charge in [0.25, 0.3) is 0 Å². The summed E-state index contributed by atoms with van der Waals surface area (Å²) in [4.78, 5) is 0. The Hall–Kier alpha value is -0.570. The first-order valence-corrected chi connectivity index (χ1v) is 4.67. The van der Waals surface area contributed by atoms with E-state index >= 15 is 0 Å². The van der Waals surface area contributed by atoms with E-state index in [2.05, 4.69) is 15.9 Å². The van der Waals surface area contributed by atoms with Gasteiger partial charge in [0.05, 0.1) is 6.10 Å². The second kappa shape index (κ2) is 3.05. The van der Waals surface area contributed by atoms with Crippen LogP contribution >= 0.6 is 15.9 Å². The fraction of sp³-hybridized carbons (Fsp3) is 0.333. The van der Waals surface area contributed by atoms with Crippen molar-refractivity contribution in [2.45, 2.75) is 18.9 Å². The lowest BCUT2D eigenvalue weighted by Gasteiger charge is -2.05. The van der Waals surface area contributed by atoms with Gasteiger partial charge in [-0.05, 0) is 31.0 Å². The number of benzene rings is 1. The van der Waals surface area contributed by atoms with Crippen LogP contribution in [0, 0.1) is 5.82 Å². The maximum Gasteiger partial charge on any atom is 0.165 e. The Balaban J connectivity index is 2.21. The van der Waals surface area contributed by atoms with Gasteiger partial charge in [-0.25, -0.2) is 4.39 Å². The summed E-state index contributed by atoms with van der Waals surface area (Å²) in [7, 11) is 0. The molecule has 12 heavy (non-hydrogen) atoms. The maximum absolute atomic E-state index is 13.0. The van der Waals surface area contributed by atoms with Gasteiger partial charge in [-0.15, -0.1) is 0 Å². The van der Waals surface area contributed by atoms with Crippen molar-refractivity contribution in [3.05, 3.63) is 28.5 Å². The predicted molar refractivity (Wildman–Crippen MR) is 47.8 cm³/mol. The van der Waals surface area contributed by atoms with Crippen LogP contribution in [-0.2, 0) is 0 Å². The SMILES string of the molecule is Fc1ccc(Br)cc1OC1CC1. The molecule has 0 bridgehead atoms. The molecule has 0 amide bonds. The van der Waals surface area contributed by atoms with Gasteiger partial charge in [0.1, 0.15) is 0 Å². The quantitative estimate of drug-likeness (QED) is 0.759. The Labute approximate surface area is 78.7 Å². The zero-order chi connectivity index (χ0) is 8.55. The third kappa shape index (κ3) is 1.78. The second-order valence-corrected chi connectivity index (χ2v) is 3.81. The normalized spacial score (nSPS) is 16.2. The van der Waals surface area contributed by atoms with Crippen molar-refractivity contribution in [3.8, 4) is 5.75 Å². The van der Waals surface area contributed by atoms with E-state index in [1.165, 1.54) is 6.07 Å². The van der Waals surface area contributed by atoms with Gasteiger partial charge in [-0.2, -0.15) is 0 Å². The van der Waals surface area contributed by atoms with Crippen molar-refractivity contribution in [2.24, 2.45) is 0 Å². The lowest BCUT2D eigenvalue weighted by atomic mass is 10.3. The topological polar surface area (TPSA) is 9.23 Å². The first-order chi connectivity index (χ1) is 5.75. The first kappa shape index (κ1) is 8.05. The van der Waals surface area contributed by atoms with Gasteiger partial charge in [-0.1, -0.05) is 15.9 Å². The molecule has 1 aliphatic rings. The Morgan fingerprint density at radius 3 is 2.83 bits per heavy atom. The molecular weight excluding hydrogens is 223 g/mol. The molecule has 1 nitrogen and oxygen atoms in total. The highest BCUT2D eigenvalue weighted by Crippen LogP contribution is 2.30. The van der Waals surface area contributed by atoms with Crippen molar-refractivity contribution in [1.82, 2.24) is 0 Å². The summed E-state index contributed by atoms with van der Waals surface area (Å²) >= 11 is 3.26. The van der Waals surface area contributed by atoms with Gasteiger partial charge >= 0.3 is 0 Å². The van der Waals surface area contributed by atoms with E-state index in [9.17, 15) is 4.39 Å². The molecule has 1 saturated carbocycles. The molecule has 0 spiro atoms. The van der Waals surface area contributed by atoms with Crippen LogP contribution in [0.15, 0.2) is 22.7 Å². The van der Waals surface area contributed by atoms with Gasteiger partial charge in [0.2, 0.25) is 0 Å². The first-order valence-electron chi connectivity index (χ1n) is 3.87. The molecule has 1 aliphatic carbocycles. The van der Waals surface area contributed by atoms with Crippen LogP contribution in [0.2, 0.25) is 0 Å². The van der Waals surface area contributed by atoms with Crippen LogP contribution in [-0.4, -0.2) is 6.10 Å². The predicted octanol–water partition coefficient (Wildman–Crippen LogP) is 3.13. The third-order valence-corrected chi connectivity index (χ3v) is 2.20. The molecule has 64 valence electrons. The zero-order valence-electron chi connectivity index (χ0n) is 6.39. The molecule has 0 radical (unpaired) electrons. The highest BCUT2D eigenvalue weighted by atomic mass is 79.9. The lowest BCUT2D eigenvalue weighted by Crippen LogP contribution is -1.97. The van der Waals surface area contributed by atoms with E-state index in [4.69, 9.17) is 4.74 Å². The summed E-state index contributed by atoms with van der Waals surface area (Å²) in [6.07, 6.45) is 2.34. The van der Waals surface area contributed by atoms with Crippen LogP contribution in [0.1, 0.15) is 12.8 Å². The zero-order valence-corrected chi connectivity index (χ0v) is 7.97. The van der Waals surface area contributed by atoms with Gasteiger partial charge in [-0.3, -0.25) is 0 Å². The Kier molecular flexibility index (Phi) is 2.05. The molecule has 0 heterocycles. The minimum atomic E-state index is -0.287. The maximum atomic E-state index is 13.0. The van der Waals surface area contributed by atoms with E-state index < -0.39 is 0 Å². The number of halogens is 2. The molecule has 3 heteroatoms. The average molecular weight is 231 g/mol. The Bertz CT molecular complexity index is 297. The van der Waals surface area contributed by atoms with E-state index in [1.54, 1.807) is 12.1 Å². The highest BCUT2D eigenvalue weighted by molar-refractivity contribution is 9.10. The molecule has 1 aromatic rings. The van der Waals surface area contributed by atoms with Gasteiger partial charge < -0.3 is 4.74 Å². The van der Waals surface area contributed by atoms with Crippen molar-refractivity contribution in [1.29, 1.82) is 0 Å². The molecule has 1 fully saturated rings. The van der Waals surface area contributed by atoms with Crippen molar-refractivity contribution >= 4 is 15.9 Å². The van der Waals surface area contributed by atoms with Crippen LogP contribution in [0.3, 0.4) is 0 Å². The van der Waals surface area contributed by atoms with E-state index in [0.717, 1.165) is 17.3 Å². The van der Waals surface area contributed by atoms with Gasteiger partial charge in [0.15, 0.2) is 11.6 Å². The summed E-state index contributed by atoms with van der Waals surface area (Å²) in [6.45, 7) is 0.